The van der Waals surface area contributed by atoms with Gasteiger partial charge in [0.25, 0.3) is 5.69 Å². The molecule has 1 aromatic rings. The minimum atomic E-state index is -0.400. The van der Waals surface area contributed by atoms with Crippen LogP contribution in [-0.2, 0) is 0 Å². The predicted octanol–water partition coefficient (Wildman–Crippen LogP) is 3.17. The van der Waals surface area contributed by atoms with E-state index in [2.05, 4.69) is 34.7 Å². The van der Waals surface area contributed by atoms with Crippen molar-refractivity contribution in [1.82, 2.24) is 0 Å². The molecule has 0 bridgehead atoms. The summed E-state index contributed by atoms with van der Waals surface area (Å²) in [6.07, 6.45) is 0.887. The molecule has 0 saturated heterocycles. The van der Waals surface area contributed by atoms with E-state index in [1.54, 1.807) is 6.07 Å². The predicted molar refractivity (Wildman–Crippen MR) is 81.5 cm³/mol. The molecule has 106 valence electrons. The Morgan fingerprint density at radius 1 is 1.47 bits per heavy atom. The lowest BCUT2D eigenvalue weighted by Crippen LogP contribution is -2.31. The highest BCUT2D eigenvalue weighted by atomic mass is 79.9. The van der Waals surface area contributed by atoms with Crippen molar-refractivity contribution in [3.8, 4) is 0 Å². The number of anilines is 1. The molecule has 1 rings (SSSR count). The number of hydrogen-bond donors (Lipinski definition) is 1. The molecule has 0 spiro atoms. The van der Waals surface area contributed by atoms with Crippen LogP contribution in [0.25, 0.3) is 0 Å². The normalized spacial score (nSPS) is 12.5. The van der Waals surface area contributed by atoms with Gasteiger partial charge in [0.05, 0.1) is 10.6 Å². The zero-order valence-electron chi connectivity index (χ0n) is 11.5. The lowest BCUT2D eigenvalue weighted by atomic mass is 10.0. The van der Waals surface area contributed by atoms with E-state index in [-0.39, 0.29) is 11.7 Å². The molecular formula is C13H20BrN3O2. The third-order valence-corrected chi connectivity index (χ3v) is 3.84. The van der Waals surface area contributed by atoms with Crippen LogP contribution in [0.15, 0.2) is 22.7 Å². The summed E-state index contributed by atoms with van der Waals surface area (Å²) < 4.78 is 0.724. The summed E-state index contributed by atoms with van der Waals surface area (Å²) in [5.74, 6) is 0.453. The number of hydrogen-bond acceptors (Lipinski definition) is 4. The van der Waals surface area contributed by atoms with Crippen LogP contribution in [-0.4, -0.2) is 24.6 Å². The Balaban J connectivity index is 2.72. The first-order valence-electron chi connectivity index (χ1n) is 6.23. The Morgan fingerprint density at radius 2 is 2.11 bits per heavy atom. The minimum Gasteiger partial charge on any atom is -0.374 e. The fraction of sp³-hybridized carbons (Fsp3) is 0.538. The largest absolute Gasteiger partial charge is 0.374 e. The van der Waals surface area contributed by atoms with Gasteiger partial charge in [0.2, 0.25) is 0 Å². The molecule has 19 heavy (non-hydrogen) atoms. The van der Waals surface area contributed by atoms with Crippen LogP contribution >= 0.6 is 15.9 Å². The van der Waals surface area contributed by atoms with Crippen molar-refractivity contribution < 1.29 is 4.92 Å². The first-order valence-corrected chi connectivity index (χ1v) is 7.03. The smallest absolute Gasteiger partial charge is 0.270 e. The van der Waals surface area contributed by atoms with Gasteiger partial charge >= 0.3 is 0 Å². The second kappa shape index (κ2) is 6.86. The van der Waals surface area contributed by atoms with Crippen LogP contribution in [0.3, 0.4) is 0 Å². The highest BCUT2D eigenvalue weighted by molar-refractivity contribution is 9.10. The highest BCUT2D eigenvalue weighted by Gasteiger charge is 2.13. The summed E-state index contributed by atoms with van der Waals surface area (Å²) in [6.45, 7) is 5.02. The lowest BCUT2D eigenvalue weighted by Gasteiger charge is -2.24. The van der Waals surface area contributed by atoms with E-state index in [1.807, 2.05) is 7.05 Å². The van der Waals surface area contributed by atoms with Crippen LogP contribution in [0.1, 0.15) is 20.3 Å². The van der Waals surface area contributed by atoms with Gasteiger partial charge in [-0.3, -0.25) is 10.1 Å². The molecule has 0 saturated carbocycles. The molecule has 0 heterocycles. The molecule has 0 aliphatic heterocycles. The van der Waals surface area contributed by atoms with Gasteiger partial charge in [0.15, 0.2) is 0 Å². The third kappa shape index (κ3) is 4.47. The summed E-state index contributed by atoms with van der Waals surface area (Å²) in [5.41, 5.74) is 7.04. The highest BCUT2D eigenvalue weighted by Crippen LogP contribution is 2.29. The SMILES string of the molecule is CC(C)C(N)CCN(C)c1ccc([N+](=O)[O-])cc1Br. The van der Waals surface area contributed by atoms with E-state index in [1.165, 1.54) is 12.1 Å². The summed E-state index contributed by atoms with van der Waals surface area (Å²) in [6, 6.07) is 4.95. The Bertz CT molecular complexity index is 452. The molecular weight excluding hydrogens is 310 g/mol. The summed E-state index contributed by atoms with van der Waals surface area (Å²) in [5, 5.41) is 10.7. The maximum atomic E-state index is 10.7. The van der Waals surface area contributed by atoms with Crippen molar-refractivity contribution >= 4 is 27.3 Å². The fourth-order valence-electron chi connectivity index (χ4n) is 1.72. The first kappa shape index (κ1) is 15.9. The van der Waals surface area contributed by atoms with Gasteiger partial charge in [0, 0.05) is 36.2 Å². The van der Waals surface area contributed by atoms with Gasteiger partial charge < -0.3 is 10.6 Å². The Labute approximate surface area is 122 Å². The van der Waals surface area contributed by atoms with Crippen LogP contribution < -0.4 is 10.6 Å². The molecule has 0 aliphatic rings. The third-order valence-electron chi connectivity index (χ3n) is 3.21. The van der Waals surface area contributed by atoms with Crippen LogP contribution in [0.5, 0.6) is 0 Å². The summed E-state index contributed by atoms with van der Waals surface area (Å²) >= 11 is 3.37. The molecule has 0 aromatic heterocycles. The molecule has 5 nitrogen and oxygen atoms in total. The van der Waals surface area contributed by atoms with Crippen molar-refractivity contribution in [2.45, 2.75) is 26.3 Å². The average Bonchev–Trinajstić information content (AvgIpc) is 2.34. The van der Waals surface area contributed by atoms with Crippen molar-refractivity contribution in [3.63, 3.8) is 0 Å². The Morgan fingerprint density at radius 3 is 2.58 bits per heavy atom. The number of halogens is 1. The van der Waals surface area contributed by atoms with Gasteiger partial charge in [-0.2, -0.15) is 0 Å². The Kier molecular flexibility index (Phi) is 5.75. The first-order chi connectivity index (χ1) is 8.82. The molecule has 2 N–H and O–H groups in total. The second-order valence-electron chi connectivity index (χ2n) is 5.01. The molecule has 0 radical (unpaired) electrons. The fourth-order valence-corrected chi connectivity index (χ4v) is 2.38. The average molecular weight is 330 g/mol. The van der Waals surface area contributed by atoms with E-state index >= 15 is 0 Å². The number of nitro groups is 1. The zero-order valence-corrected chi connectivity index (χ0v) is 13.1. The molecule has 0 fully saturated rings. The number of nitrogens with two attached hydrogens (primary N) is 1. The topological polar surface area (TPSA) is 72.4 Å². The molecule has 1 unspecified atom stereocenters. The van der Waals surface area contributed by atoms with Crippen LogP contribution in [0.2, 0.25) is 0 Å². The molecule has 1 aromatic carbocycles. The van der Waals surface area contributed by atoms with Gasteiger partial charge in [-0.1, -0.05) is 13.8 Å². The zero-order chi connectivity index (χ0) is 14.6. The molecule has 0 amide bonds. The van der Waals surface area contributed by atoms with E-state index in [0.717, 1.165) is 23.1 Å². The van der Waals surface area contributed by atoms with Gasteiger partial charge in [-0.05, 0) is 34.3 Å². The lowest BCUT2D eigenvalue weighted by molar-refractivity contribution is -0.384. The quantitative estimate of drug-likeness (QED) is 0.642. The van der Waals surface area contributed by atoms with Crippen molar-refractivity contribution in [2.75, 3.05) is 18.5 Å². The Hall–Kier alpha value is -1.14. The summed E-state index contributed by atoms with van der Waals surface area (Å²) in [4.78, 5) is 12.3. The van der Waals surface area contributed by atoms with E-state index in [0.29, 0.717) is 5.92 Å². The number of nitrogens with zero attached hydrogens (tertiary/aromatic N) is 2. The van der Waals surface area contributed by atoms with Crippen LogP contribution in [0, 0.1) is 16.0 Å². The number of non-ortho nitro benzene ring substituents is 1. The van der Waals surface area contributed by atoms with E-state index < -0.39 is 4.92 Å². The standard InChI is InChI=1S/C13H20BrN3O2/c1-9(2)12(15)6-7-16(3)13-5-4-10(17(18)19)8-11(13)14/h4-5,8-9,12H,6-7,15H2,1-3H3. The van der Waals surface area contributed by atoms with Crippen LogP contribution in [0.4, 0.5) is 11.4 Å². The number of rotatable bonds is 6. The maximum absolute atomic E-state index is 10.7. The molecule has 1 atom stereocenters. The van der Waals surface area contributed by atoms with Crippen molar-refractivity contribution in [2.24, 2.45) is 11.7 Å². The van der Waals surface area contributed by atoms with Gasteiger partial charge in [-0.25, -0.2) is 0 Å². The maximum Gasteiger partial charge on any atom is 0.270 e. The van der Waals surface area contributed by atoms with Gasteiger partial charge in [-0.15, -0.1) is 0 Å². The number of benzene rings is 1. The van der Waals surface area contributed by atoms with E-state index in [4.69, 9.17) is 5.73 Å². The van der Waals surface area contributed by atoms with Crippen molar-refractivity contribution in [1.29, 1.82) is 0 Å². The second-order valence-corrected chi connectivity index (χ2v) is 5.87. The summed E-state index contributed by atoms with van der Waals surface area (Å²) in [7, 11) is 1.96. The van der Waals surface area contributed by atoms with Crippen molar-refractivity contribution in [3.05, 3.63) is 32.8 Å². The van der Waals surface area contributed by atoms with Gasteiger partial charge in [0.1, 0.15) is 0 Å². The van der Waals surface area contributed by atoms with E-state index in [9.17, 15) is 10.1 Å². The monoisotopic (exact) mass is 329 g/mol. The molecule has 6 heteroatoms. The molecule has 0 aliphatic carbocycles. The number of nitro benzene ring substituents is 1. The minimum absolute atomic E-state index is 0.0860.